The topological polar surface area (TPSA) is 46.1 Å². The van der Waals surface area contributed by atoms with Crippen LogP contribution in [0.3, 0.4) is 0 Å². The third kappa shape index (κ3) is 5.52. The SMILES string of the molecule is CCN(CC)CCCn1c(-c2cccc(OC(F)(F)C(F)F)c2)n[nH]c1=S. The Bertz CT molecular complexity index is 789. The molecule has 0 saturated heterocycles. The van der Waals surface area contributed by atoms with Gasteiger partial charge in [-0.25, -0.2) is 0 Å². The Morgan fingerprint density at radius 1 is 1.30 bits per heavy atom. The fraction of sp³-hybridized carbons (Fsp3) is 0.529. The number of hydrogen-bond donors (Lipinski definition) is 1. The zero-order valence-corrected chi connectivity index (χ0v) is 15.9. The maximum Gasteiger partial charge on any atom is 0.461 e. The van der Waals surface area contributed by atoms with Gasteiger partial charge in [-0.1, -0.05) is 26.0 Å². The van der Waals surface area contributed by atoms with E-state index in [1.54, 1.807) is 10.6 Å². The van der Waals surface area contributed by atoms with Crippen LogP contribution >= 0.6 is 12.2 Å². The lowest BCUT2D eigenvalue weighted by Gasteiger charge is -2.18. The van der Waals surface area contributed by atoms with Crippen molar-refractivity contribution in [3.63, 3.8) is 0 Å². The van der Waals surface area contributed by atoms with Crippen molar-refractivity contribution in [1.82, 2.24) is 19.7 Å². The van der Waals surface area contributed by atoms with Crippen LogP contribution in [0.5, 0.6) is 5.75 Å². The van der Waals surface area contributed by atoms with Crippen LogP contribution in [-0.2, 0) is 6.54 Å². The van der Waals surface area contributed by atoms with E-state index in [0.717, 1.165) is 26.1 Å². The summed E-state index contributed by atoms with van der Waals surface area (Å²) < 4.78 is 57.3. The Labute approximate surface area is 159 Å². The van der Waals surface area contributed by atoms with E-state index >= 15 is 0 Å². The van der Waals surface area contributed by atoms with Gasteiger partial charge in [-0.05, 0) is 50.4 Å². The molecule has 0 aliphatic rings. The lowest BCUT2D eigenvalue weighted by Crippen LogP contribution is -2.33. The van der Waals surface area contributed by atoms with Gasteiger partial charge < -0.3 is 14.2 Å². The highest BCUT2D eigenvalue weighted by molar-refractivity contribution is 7.71. The molecule has 0 spiro atoms. The first-order valence-electron chi connectivity index (χ1n) is 8.61. The number of benzene rings is 1. The highest BCUT2D eigenvalue weighted by Crippen LogP contribution is 2.30. The Morgan fingerprint density at radius 2 is 2.00 bits per heavy atom. The quantitative estimate of drug-likeness (QED) is 0.464. The second-order valence-corrected chi connectivity index (χ2v) is 6.26. The summed E-state index contributed by atoms with van der Waals surface area (Å²) in [6.45, 7) is 7.51. The summed E-state index contributed by atoms with van der Waals surface area (Å²) in [7, 11) is 0. The first kappa shape index (κ1) is 21.4. The molecule has 0 radical (unpaired) electrons. The Hall–Kier alpha value is -1.94. The van der Waals surface area contributed by atoms with Crippen molar-refractivity contribution in [2.24, 2.45) is 0 Å². The van der Waals surface area contributed by atoms with E-state index in [4.69, 9.17) is 12.2 Å². The molecule has 0 saturated carbocycles. The van der Waals surface area contributed by atoms with E-state index in [2.05, 4.69) is 33.7 Å². The summed E-state index contributed by atoms with van der Waals surface area (Å²) in [4.78, 5) is 2.27. The van der Waals surface area contributed by atoms with Gasteiger partial charge in [-0.3, -0.25) is 5.10 Å². The van der Waals surface area contributed by atoms with E-state index in [1.807, 2.05) is 0 Å². The molecule has 1 aromatic heterocycles. The second-order valence-electron chi connectivity index (χ2n) is 5.88. The second kappa shape index (κ2) is 9.32. The maximum atomic E-state index is 13.1. The Morgan fingerprint density at radius 3 is 2.63 bits per heavy atom. The average molecular weight is 406 g/mol. The zero-order chi connectivity index (χ0) is 20.0. The fourth-order valence-electron chi connectivity index (χ4n) is 2.64. The van der Waals surface area contributed by atoms with Crippen molar-refractivity contribution in [2.75, 3.05) is 19.6 Å². The molecule has 27 heavy (non-hydrogen) atoms. The lowest BCUT2D eigenvalue weighted by molar-refractivity contribution is -0.253. The molecule has 0 aliphatic carbocycles. The molecule has 0 amide bonds. The van der Waals surface area contributed by atoms with E-state index in [0.29, 0.717) is 22.7 Å². The molecule has 10 heteroatoms. The van der Waals surface area contributed by atoms with Gasteiger partial charge in [-0.2, -0.15) is 22.7 Å². The minimum atomic E-state index is -4.56. The van der Waals surface area contributed by atoms with Crippen LogP contribution < -0.4 is 4.74 Å². The molecule has 1 aromatic carbocycles. The predicted octanol–water partition coefficient (Wildman–Crippen LogP) is 4.58. The van der Waals surface area contributed by atoms with Crippen molar-refractivity contribution in [3.8, 4) is 17.1 Å². The number of rotatable bonds is 10. The van der Waals surface area contributed by atoms with E-state index in [9.17, 15) is 17.6 Å². The summed E-state index contributed by atoms with van der Waals surface area (Å²) in [5.41, 5.74) is 0.438. The lowest BCUT2D eigenvalue weighted by atomic mass is 10.2. The van der Waals surface area contributed by atoms with Crippen LogP contribution in [0.1, 0.15) is 20.3 Å². The van der Waals surface area contributed by atoms with Crippen molar-refractivity contribution >= 4 is 12.2 Å². The summed E-state index contributed by atoms with van der Waals surface area (Å²) in [6.07, 6.45) is -7.66. The van der Waals surface area contributed by atoms with Gasteiger partial charge in [0, 0.05) is 12.1 Å². The number of aromatic nitrogens is 3. The van der Waals surface area contributed by atoms with E-state index in [-0.39, 0.29) is 5.75 Å². The van der Waals surface area contributed by atoms with Crippen LogP contribution in [0.25, 0.3) is 11.4 Å². The van der Waals surface area contributed by atoms with Crippen molar-refractivity contribution in [3.05, 3.63) is 29.0 Å². The molecule has 150 valence electrons. The third-order valence-corrected chi connectivity index (χ3v) is 4.42. The first-order valence-corrected chi connectivity index (χ1v) is 9.02. The van der Waals surface area contributed by atoms with E-state index < -0.39 is 12.5 Å². The highest BCUT2D eigenvalue weighted by atomic mass is 32.1. The predicted molar refractivity (Wildman–Crippen MR) is 96.8 cm³/mol. The number of nitrogens with zero attached hydrogens (tertiary/aromatic N) is 3. The largest absolute Gasteiger partial charge is 0.461 e. The van der Waals surface area contributed by atoms with Crippen LogP contribution in [-0.4, -0.2) is 51.8 Å². The van der Waals surface area contributed by atoms with Crippen molar-refractivity contribution in [1.29, 1.82) is 0 Å². The highest BCUT2D eigenvalue weighted by Gasteiger charge is 2.44. The molecule has 0 unspecified atom stereocenters. The molecule has 5 nitrogen and oxygen atoms in total. The average Bonchev–Trinajstić information content (AvgIpc) is 2.99. The van der Waals surface area contributed by atoms with Crippen molar-refractivity contribution < 1.29 is 22.3 Å². The molecule has 2 aromatic rings. The molecule has 2 rings (SSSR count). The van der Waals surface area contributed by atoms with Gasteiger partial charge in [0.1, 0.15) is 5.75 Å². The van der Waals surface area contributed by atoms with E-state index in [1.165, 1.54) is 18.2 Å². The minimum absolute atomic E-state index is 0.374. The van der Waals surface area contributed by atoms with Crippen LogP contribution in [0.4, 0.5) is 17.6 Å². The molecule has 0 atom stereocenters. The Kier molecular flexibility index (Phi) is 7.37. The summed E-state index contributed by atoms with van der Waals surface area (Å²) in [5.74, 6) is 0.0618. The van der Waals surface area contributed by atoms with Crippen LogP contribution in [0.2, 0.25) is 0 Å². The zero-order valence-electron chi connectivity index (χ0n) is 15.1. The fourth-order valence-corrected chi connectivity index (χ4v) is 2.86. The first-order chi connectivity index (χ1) is 12.8. The molecule has 1 N–H and O–H groups in total. The number of alkyl halides is 4. The van der Waals surface area contributed by atoms with Crippen molar-refractivity contribution in [2.45, 2.75) is 39.3 Å². The number of halogens is 4. The maximum absolute atomic E-state index is 13.1. The number of aromatic amines is 1. The number of nitrogens with one attached hydrogen (secondary N) is 1. The summed E-state index contributed by atoms with van der Waals surface area (Å²) in [6, 6.07) is 5.48. The molecule has 0 fully saturated rings. The van der Waals surface area contributed by atoms with Crippen LogP contribution in [0, 0.1) is 4.77 Å². The smallest absolute Gasteiger partial charge is 0.428 e. The van der Waals surface area contributed by atoms with Gasteiger partial charge in [0.15, 0.2) is 10.6 Å². The molecular formula is C17H22F4N4OS. The standard InChI is InChI=1S/C17H22F4N4OS/c1-3-24(4-2)9-6-10-25-14(22-23-16(25)27)12-7-5-8-13(11-12)26-17(20,21)15(18)19/h5,7-8,11,15H,3-4,6,9-10H2,1-2H3,(H,23,27). The van der Waals surface area contributed by atoms with Crippen LogP contribution in [0.15, 0.2) is 24.3 Å². The van der Waals surface area contributed by atoms with Gasteiger partial charge in [-0.15, -0.1) is 0 Å². The molecular weight excluding hydrogens is 384 g/mol. The summed E-state index contributed by atoms with van der Waals surface area (Å²) in [5, 5.41) is 6.82. The van der Waals surface area contributed by atoms with Gasteiger partial charge in [0.05, 0.1) is 0 Å². The molecule has 1 heterocycles. The van der Waals surface area contributed by atoms with Gasteiger partial charge >= 0.3 is 12.5 Å². The summed E-state index contributed by atoms with van der Waals surface area (Å²) >= 11 is 5.24. The minimum Gasteiger partial charge on any atom is -0.428 e. The number of H-pyrrole nitrogens is 1. The molecule has 0 bridgehead atoms. The van der Waals surface area contributed by atoms with Gasteiger partial charge in [0.2, 0.25) is 0 Å². The number of ether oxygens (including phenoxy) is 1. The Balaban J connectivity index is 2.19. The monoisotopic (exact) mass is 406 g/mol. The number of hydrogen-bond acceptors (Lipinski definition) is 4. The van der Waals surface area contributed by atoms with Gasteiger partial charge in [0.25, 0.3) is 0 Å². The normalized spacial score (nSPS) is 12.1. The third-order valence-electron chi connectivity index (χ3n) is 4.11. The molecule has 0 aliphatic heterocycles.